The Morgan fingerprint density at radius 3 is 2.47 bits per heavy atom. The highest BCUT2D eigenvalue weighted by Gasteiger charge is 2.18. The van der Waals surface area contributed by atoms with E-state index in [1.165, 1.54) is 19.3 Å². The standard InChI is InChI=1S/C22H26N6O3S/c1-27-16-23-25-22(27)17-6-5-7-19(14-17)24-21(29)15-32(30,31)26-18-8-10-20(11-9-18)28-12-3-2-4-13-28/h5-11,14,16,26H,2-4,12-13,15H2,1H3,(H,24,29). The summed E-state index contributed by atoms with van der Waals surface area (Å²) in [6.45, 7) is 2.03. The third-order valence-electron chi connectivity index (χ3n) is 5.30. The largest absolute Gasteiger partial charge is 0.372 e. The van der Waals surface area contributed by atoms with Gasteiger partial charge in [0.25, 0.3) is 0 Å². The molecule has 1 amide bonds. The number of piperidine rings is 1. The predicted octanol–water partition coefficient (Wildman–Crippen LogP) is 2.85. The molecule has 4 rings (SSSR count). The second kappa shape index (κ2) is 9.39. The second-order valence-corrected chi connectivity index (χ2v) is 9.57. The second-order valence-electron chi connectivity index (χ2n) is 7.85. The van der Waals surface area contributed by atoms with Crippen molar-refractivity contribution in [3.63, 3.8) is 0 Å². The van der Waals surface area contributed by atoms with Crippen LogP contribution in [0.1, 0.15) is 19.3 Å². The summed E-state index contributed by atoms with van der Waals surface area (Å²) < 4.78 is 29.2. The van der Waals surface area contributed by atoms with Gasteiger partial charge in [-0.2, -0.15) is 0 Å². The summed E-state index contributed by atoms with van der Waals surface area (Å²) in [5.41, 5.74) is 2.75. The summed E-state index contributed by atoms with van der Waals surface area (Å²) in [4.78, 5) is 14.7. The minimum absolute atomic E-state index is 0.433. The number of carbonyl (C=O) groups excluding carboxylic acids is 1. The average molecular weight is 455 g/mol. The van der Waals surface area contributed by atoms with E-state index in [9.17, 15) is 13.2 Å². The maximum atomic E-state index is 12.5. The Labute approximate surface area is 187 Å². The number of sulfonamides is 1. The van der Waals surface area contributed by atoms with Gasteiger partial charge >= 0.3 is 0 Å². The van der Waals surface area contributed by atoms with E-state index in [0.717, 1.165) is 24.3 Å². The summed E-state index contributed by atoms with van der Waals surface area (Å²) in [7, 11) is -2.04. The van der Waals surface area contributed by atoms with Crippen LogP contribution in [-0.4, -0.2) is 47.9 Å². The van der Waals surface area contributed by atoms with Crippen molar-refractivity contribution in [2.24, 2.45) is 7.05 Å². The third kappa shape index (κ3) is 5.44. The molecule has 0 bridgehead atoms. The lowest BCUT2D eigenvalue weighted by atomic mass is 10.1. The first kappa shape index (κ1) is 21.8. The van der Waals surface area contributed by atoms with E-state index >= 15 is 0 Å². The summed E-state index contributed by atoms with van der Waals surface area (Å²) >= 11 is 0. The molecule has 1 aliphatic heterocycles. The van der Waals surface area contributed by atoms with Gasteiger partial charge in [-0.05, 0) is 55.7 Å². The van der Waals surface area contributed by atoms with E-state index < -0.39 is 21.7 Å². The quantitative estimate of drug-likeness (QED) is 0.568. The number of nitrogens with zero attached hydrogens (tertiary/aromatic N) is 4. The Morgan fingerprint density at radius 2 is 1.78 bits per heavy atom. The highest BCUT2D eigenvalue weighted by molar-refractivity contribution is 7.93. The zero-order valence-electron chi connectivity index (χ0n) is 17.9. The molecule has 3 aromatic rings. The van der Waals surface area contributed by atoms with Crippen molar-refractivity contribution in [2.75, 3.05) is 33.8 Å². The van der Waals surface area contributed by atoms with Gasteiger partial charge in [0.1, 0.15) is 12.1 Å². The highest BCUT2D eigenvalue weighted by atomic mass is 32.2. The molecule has 0 saturated carbocycles. The third-order valence-corrected chi connectivity index (χ3v) is 6.49. The van der Waals surface area contributed by atoms with Crippen LogP contribution < -0.4 is 14.9 Å². The van der Waals surface area contributed by atoms with Gasteiger partial charge in [-0.3, -0.25) is 9.52 Å². The van der Waals surface area contributed by atoms with Crippen LogP contribution in [-0.2, 0) is 21.9 Å². The van der Waals surface area contributed by atoms with E-state index in [4.69, 9.17) is 0 Å². The van der Waals surface area contributed by atoms with Crippen LogP contribution >= 0.6 is 0 Å². The molecule has 0 atom stereocenters. The van der Waals surface area contributed by atoms with Gasteiger partial charge in [0, 0.05) is 42.8 Å². The van der Waals surface area contributed by atoms with Gasteiger partial charge in [0.15, 0.2) is 5.82 Å². The summed E-state index contributed by atoms with van der Waals surface area (Å²) in [5.74, 6) is -0.671. The average Bonchev–Trinajstić information content (AvgIpc) is 3.20. The maximum Gasteiger partial charge on any atom is 0.241 e. The Bertz CT molecular complexity index is 1180. The van der Waals surface area contributed by atoms with E-state index in [-0.39, 0.29) is 0 Å². The van der Waals surface area contributed by atoms with Gasteiger partial charge < -0.3 is 14.8 Å². The number of nitrogens with one attached hydrogen (secondary N) is 2. The molecule has 10 heteroatoms. The van der Waals surface area contributed by atoms with E-state index in [0.29, 0.717) is 17.2 Å². The van der Waals surface area contributed by atoms with Gasteiger partial charge in [-0.15, -0.1) is 10.2 Å². The number of amides is 1. The molecule has 32 heavy (non-hydrogen) atoms. The Hall–Kier alpha value is -3.40. The van der Waals surface area contributed by atoms with Crippen molar-refractivity contribution >= 4 is 33.0 Å². The molecule has 0 aliphatic carbocycles. The fraction of sp³-hybridized carbons (Fsp3) is 0.318. The Kier molecular flexibility index (Phi) is 6.40. The van der Waals surface area contributed by atoms with Crippen molar-refractivity contribution in [2.45, 2.75) is 19.3 Å². The molecule has 2 heterocycles. The number of hydrogen-bond donors (Lipinski definition) is 2. The highest BCUT2D eigenvalue weighted by Crippen LogP contribution is 2.23. The molecular weight excluding hydrogens is 428 g/mol. The Morgan fingerprint density at radius 1 is 1.03 bits per heavy atom. The molecule has 168 valence electrons. The lowest BCUT2D eigenvalue weighted by molar-refractivity contribution is -0.113. The smallest absolute Gasteiger partial charge is 0.241 e. The monoisotopic (exact) mass is 454 g/mol. The predicted molar refractivity (Wildman–Crippen MR) is 125 cm³/mol. The van der Waals surface area contributed by atoms with Gasteiger partial charge in [0.05, 0.1) is 0 Å². The van der Waals surface area contributed by atoms with Gasteiger partial charge in [-0.25, -0.2) is 8.42 Å². The first-order valence-electron chi connectivity index (χ1n) is 10.5. The molecule has 0 unspecified atom stereocenters. The lowest BCUT2D eigenvalue weighted by Gasteiger charge is -2.28. The van der Waals surface area contributed by atoms with Gasteiger partial charge in [0.2, 0.25) is 15.9 Å². The molecule has 0 radical (unpaired) electrons. The fourth-order valence-corrected chi connectivity index (χ4v) is 4.74. The number of aryl methyl sites for hydroxylation is 1. The lowest BCUT2D eigenvalue weighted by Crippen LogP contribution is -2.29. The van der Waals surface area contributed by atoms with Crippen molar-refractivity contribution in [3.05, 3.63) is 54.9 Å². The van der Waals surface area contributed by atoms with Crippen LogP contribution in [0.3, 0.4) is 0 Å². The molecule has 1 fully saturated rings. The van der Waals surface area contributed by atoms with Crippen LogP contribution in [0.5, 0.6) is 0 Å². The number of anilines is 3. The topological polar surface area (TPSA) is 109 Å². The van der Waals surface area contributed by atoms with Gasteiger partial charge in [-0.1, -0.05) is 12.1 Å². The van der Waals surface area contributed by atoms with Crippen molar-refractivity contribution in [3.8, 4) is 11.4 Å². The number of aromatic nitrogens is 3. The first-order chi connectivity index (χ1) is 15.4. The van der Waals surface area contributed by atoms with Crippen molar-refractivity contribution < 1.29 is 13.2 Å². The zero-order chi connectivity index (χ0) is 22.6. The first-order valence-corrected chi connectivity index (χ1v) is 12.1. The zero-order valence-corrected chi connectivity index (χ0v) is 18.7. The van der Waals surface area contributed by atoms with Crippen molar-refractivity contribution in [1.29, 1.82) is 0 Å². The number of rotatable bonds is 7. The Balaban J connectivity index is 1.36. The van der Waals surface area contributed by atoms with Crippen LogP contribution in [0.4, 0.5) is 17.1 Å². The van der Waals surface area contributed by atoms with E-state index in [1.807, 2.05) is 25.2 Å². The number of hydrogen-bond acceptors (Lipinski definition) is 6. The summed E-state index contributed by atoms with van der Waals surface area (Å²) in [6.07, 6.45) is 5.18. The van der Waals surface area contributed by atoms with Crippen LogP contribution in [0.2, 0.25) is 0 Å². The molecule has 9 nitrogen and oxygen atoms in total. The normalized spacial score (nSPS) is 14.2. The molecule has 2 N–H and O–H groups in total. The van der Waals surface area contributed by atoms with Crippen molar-refractivity contribution in [1.82, 2.24) is 14.8 Å². The summed E-state index contributed by atoms with van der Waals surface area (Å²) in [6, 6.07) is 14.3. The fourth-order valence-electron chi connectivity index (χ4n) is 3.76. The van der Waals surface area contributed by atoms with E-state index in [1.54, 1.807) is 41.2 Å². The number of benzene rings is 2. The minimum Gasteiger partial charge on any atom is -0.372 e. The minimum atomic E-state index is -3.85. The molecule has 1 aromatic heterocycles. The number of carbonyl (C=O) groups is 1. The molecule has 1 aliphatic rings. The molecular formula is C22H26N6O3S. The van der Waals surface area contributed by atoms with E-state index in [2.05, 4.69) is 25.1 Å². The molecule has 1 saturated heterocycles. The van der Waals surface area contributed by atoms with Crippen LogP contribution in [0.15, 0.2) is 54.9 Å². The molecule has 2 aromatic carbocycles. The SMILES string of the molecule is Cn1cnnc1-c1cccc(NC(=O)CS(=O)(=O)Nc2ccc(N3CCCCC3)cc2)c1. The summed E-state index contributed by atoms with van der Waals surface area (Å²) in [5, 5.41) is 10.5. The van der Waals surface area contributed by atoms with Crippen LogP contribution in [0.25, 0.3) is 11.4 Å². The maximum absolute atomic E-state index is 12.5. The molecule has 0 spiro atoms. The van der Waals surface area contributed by atoms with Crippen LogP contribution in [0, 0.1) is 0 Å².